The van der Waals surface area contributed by atoms with Gasteiger partial charge in [-0.15, -0.1) is 0 Å². The van der Waals surface area contributed by atoms with Crippen LogP contribution in [0.15, 0.2) is 18.3 Å². The zero-order valence-electron chi connectivity index (χ0n) is 10.2. The van der Waals surface area contributed by atoms with Crippen LogP contribution in [-0.4, -0.2) is 30.3 Å². The van der Waals surface area contributed by atoms with Crippen molar-refractivity contribution in [3.8, 4) is 0 Å². The van der Waals surface area contributed by atoms with Crippen molar-refractivity contribution in [2.75, 3.05) is 18.9 Å². The first-order chi connectivity index (χ1) is 8.19. The third-order valence-corrected chi connectivity index (χ3v) is 2.19. The molecule has 0 saturated carbocycles. The number of rotatable bonds is 7. The predicted octanol–water partition coefficient (Wildman–Crippen LogP) is 1.17. The molecule has 5 heteroatoms. The normalized spacial score (nSPS) is 10.8. The van der Waals surface area contributed by atoms with Crippen molar-refractivity contribution in [1.82, 2.24) is 4.98 Å². The number of nitrogens with zero attached hydrogens (tertiary/aromatic N) is 1. The Morgan fingerprint density at radius 1 is 1.41 bits per heavy atom. The summed E-state index contributed by atoms with van der Waals surface area (Å²) in [4.78, 5) is 15.8. The fourth-order valence-electron chi connectivity index (χ4n) is 1.41. The number of hydrogen-bond donors (Lipinski definition) is 1. The Morgan fingerprint density at radius 2 is 2.06 bits per heavy atom. The van der Waals surface area contributed by atoms with Crippen LogP contribution < -0.4 is 5.73 Å². The Bertz CT molecular complexity index is 363. The smallest absolute Gasteiger partial charge is 0.218 e. The summed E-state index contributed by atoms with van der Waals surface area (Å²) in [5.74, 6) is 0.223. The minimum atomic E-state index is -0.815. The zero-order chi connectivity index (χ0) is 12.7. The topological polar surface area (TPSA) is 74.4 Å². The van der Waals surface area contributed by atoms with E-state index in [-0.39, 0.29) is 12.2 Å². The number of ether oxygens (including phenoxy) is 2. The van der Waals surface area contributed by atoms with Gasteiger partial charge in [0.1, 0.15) is 5.82 Å². The van der Waals surface area contributed by atoms with E-state index in [0.717, 1.165) is 0 Å². The summed E-state index contributed by atoms with van der Waals surface area (Å²) >= 11 is 0. The van der Waals surface area contributed by atoms with Crippen molar-refractivity contribution < 1.29 is 14.3 Å². The molecule has 17 heavy (non-hydrogen) atoms. The summed E-state index contributed by atoms with van der Waals surface area (Å²) in [7, 11) is 0. The average Bonchev–Trinajstić information content (AvgIpc) is 2.32. The second-order valence-corrected chi connectivity index (χ2v) is 3.43. The Kier molecular flexibility index (Phi) is 5.59. The number of anilines is 1. The molecule has 0 atom stereocenters. The van der Waals surface area contributed by atoms with Gasteiger partial charge in [-0.25, -0.2) is 4.98 Å². The van der Waals surface area contributed by atoms with Crippen molar-refractivity contribution in [2.24, 2.45) is 0 Å². The fraction of sp³-hybridized carbons (Fsp3) is 0.500. The van der Waals surface area contributed by atoms with Crippen LogP contribution in [0.1, 0.15) is 19.4 Å². The molecule has 1 aromatic rings. The molecular weight excluding hydrogens is 220 g/mol. The van der Waals surface area contributed by atoms with Crippen LogP contribution in [-0.2, 0) is 20.7 Å². The highest BCUT2D eigenvalue weighted by Crippen LogP contribution is 2.10. The third kappa shape index (κ3) is 4.13. The molecule has 94 valence electrons. The van der Waals surface area contributed by atoms with Crippen LogP contribution >= 0.6 is 0 Å². The van der Waals surface area contributed by atoms with Crippen LogP contribution in [0.2, 0.25) is 0 Å². The van der Waals surface area contributed by atoms with E-state index in [4.69, 9.17) is 15.2 Å². The van der Waals surface area contributed by atoms with Gasteiger partial charge in [-0.05, 0) is 19.9 Å². The number of hydrogen-bond acceptors (Lipinski definition) is 5. The van der Waals surface area contributed by atoms with E-state index in [0.29, 0.717) is 24.6 Å². The maximum atomic E-state index is 11.9. The van der Waals surface area contributed by atoms with E-state index in [2.05, 4.69) is 4.98 Å². The van der Waals surface area contributed by atoms with Crippen molar-refractivity contribution in [1.29, 1.82) is 0 Å². The van der Waals surface area contributed by atoms with E-state index in [1.807, 2.05) is 13.8 Å². The van der Waals surface area contributed by atoms with Gasteiger partial charge in [0, 0.05) is 31.4 Å². The monoisotopic (exact) mass is 238 g/mol. The lowest BCUT2D eigenvalue weighted by atomic mass is 10.1. The van der Waals surface area contributed by atoms with Gasteiger partial charge >= 0.3 is 0 Å². The molecule has 0 unspecified atom stereocenters. The van der Waals surface area contributed by atoms with Crippen LogP contribution in [0.3, 0.4) is 0 Å². The van der Waals surface area contributed by atoms with Crippen molar-refractivity contribution in [2.45, 2.75) is 26.6 Å². The van der Waals surface area contributed by atoms with Gasteiger partial charge in [0.15, 0.2) is 5.78 Å². The standard InChI is InChI=1S/C12H18N2O3/c1-3-16-12(17-4-2)10(15)8-9-6-5-7-14-11(9)13/h5-7,12H,3-4,8H2,1-2H3,(H2,13,14). The molecule has 0 saturated heterocycles. The van der Waals surface area contributed by atoms with Crippen LogP contribution in [0.4, 0.5) is 5.82 Å². The molecule has 1 aromatic heterocycles. The third-order valence-electron chi connectivity index (χ3n) is 2.19. The second kappa shape index (κ2) is 6.98. The van der Waals surface area contributed by atoms with E-state index in [1.165, 1.54) is 0 Å². The van der Waals surface area contributed by atoms with Gasteiger partial charge in [-0.1, -0.05) is 6.07 Å². The maximum Gasteiger partial charge on any atom is 0.218 e. The van der Waals surface area contributed by atoms with Crippen LogP contribution in [0, 0.1) is 0 Å². The Hall–Kier alpha value is -1.46. The van der Waals surface area contributed by atoms with Gasteiger partial charge in [0.25, 0.3) is 0 Å². The molecule has 1 rings (SSSR count). The number of nitrogens with two attached hydrogens (primary N) is 1. The van der Waals surface area contributed by atoms with Gasteiger partial charge < -0.3 is 15.2 Å². The molecule has 0 fully saturated rings. The van der Waals surface area contributed by atoms with E-state index >= 15 is 0 Å². The first-order valence-corrected chi connectivity index (χ1v) is 5.64. The van der Waals surface area contributed by atoms with E-state index in [9.17, 15) is 4.79 Å². The van der Waals surface area contributed by atoms with E-state index < -0.39 is 6.29 Å². The summed E-state index contributed by atoms with van der Waals surface area (Å²) in [6.07, 6.45) is 0.945. The van der Waals surface area contributed by atoms with Gasteiger partial charge in [-0.3, -0.25) is 4.79 Å². The first-order valence-electron chi connectivity index (χ1n) is 5.64. The number of pyridine rings is 1. The number of Topliss-reactive ketones (excluding diaryl/α,β-unsaturated/α-hetero) is 1. The molecule has 0 bridgehead atoms. The SMILES string of the molecule is CCOC(OCC)C(=O)Cc1cccnc1N. The fourth-order valence-corrected chi connectivity index (χ4v) is 1.41. The largest absolute Gasteiger partial charge is 0.383 e. The molecule has 2 N–H and O–H groups in total. The van der Waals surface area contributed by atoms with Crippen molar-refractivity contribution >= 4 is 11.6 Å². The van der Waals surface area contributed by atoms with Crippen molar-refractivity contribution in [3.05, 3.63) is 23.9 Å². The number of aromatic nitrogens is 1. The van der Waals surface area contributed by atoms with Crippen LogP contribution in [0.25, 0.3) is 0 Å². The summed E-state index contributed by atoms with van der Waals surface area (Å²) in [6, 6.07) is 3.52. The minimum absolute atomic E-state index is 0.145. The molecule has 0 aromatic carbocycles. The summed E-state index contributed by atoms with van der Waals surface area (Å²) in [5.41, 5.74) is 6.37. The summed E-state index contributed by atoms with van der Waals surface area (Å²) < 4.78 is 10.4. The predicted molar refractivity (Wildman–Crippen MR) is 64.4 cm³/mol. The highest BCUT2D eigenvalue weighted by Gasteiger charge is 2.19. The molecule has 0 aliphatic rings. The molecule has 1 heterocycles. The molecule has 0 radical (unpaired) electrons. The average molecular weight is 238 g/mol. The highest BCUT2D eigenvalue weighted by molar-refractivity contribution is 5.85. The lowest BCUT2D eigenvalue weighted by Gasteiger charge is -2.15. The number of carbonyl (C=O) groups excluding carboxylic acids is 1. The maximum absolute atomic E-state index is 11.9. The van der Waals surface area contributed by atoms with Gasteiger partial charge in [0.2, 0.25) is 6.29 Å². The highest BCUT2D eigenvalue weighted by atomic mass is 16.7. The lowest BCUT2D eigenvalue weighted by Crippen LogP contribution is -2.29. The molecule has 5 nitrogen and oxygen atoms in total. The number of nitrogen functional groups attached to an aromatic ring is 1. The van der Waals surface area contributed by atoms with E-state index in [1.54, 1.807) is 18.3 Å². The number of carbonyl (C=O) groups is 1. The number of ketones is 1. The Balaban J connectivity index is 2.66. The van der Waals surface area contributed by atoms with Gasteiger partial charge in [-0.2, -0.15) is 0 Å². The molecule has 0 amide bonds. The molecular formula is C12H18N2O3. The summed E-state index contributed by atoms with van der Waals surface area (Å²) in [6.45, 7) is 4.49. The molecule has 0 aliphatic carbocycles. The van der Waals surface area contributed by atoms with Crippen LogP contribution in [0.5, 0.6) is 0 Å². The second-order valence-electron chi connectivity index (χ2n) is 3.43. The molecule has 0 aliphatic heterocycles. The Labute approximate surface area is 101 Å². The first kappa shape index (κ1) is 13.6. The Morgan fingerprint density at radius 3 is 2.59 bits per heavy atom. The lowest BCUT2D eigenvalue weighted by molar-refractivity contribution is -0.167. The van der Waals surface area contributed by atoms with Gasteiger partial charge in [0.05, 0.1) is 0 Å². The minimum Gasteiger partial charge on any atom is -0.383 e. The molecule has 0 spiro atoms. The summed E-state index contributed by atoms with van der Waals surface area (Å²) in [5, 5.41) is 0. The van der Waals surface area contributed by atoms with Crippen molar-refractivity contribution in [3.63, 3.8) is 0 Å². The quantitative estimate of drug-likeness (QED) is 0.722. The zero-order valence-corrected chi connectivity index (χ0v) is 10.2.